The van der Waals surface area contributed by atoms with Gasteiger partial charge in [-0.05, 0) is 36.2 Å². The highest BCUT2D eigenvalue weighted by Gasteiger charge is 2.10. The summed E-state index contributed by atoms with van der Waals surface area (Å²) in [4.78, 5) is 7.48. The molecule has 3 rings (SSSR count). The van der Waals surface area contributed by atoms with E-state index in [-0.39, 0.29) is 6.04 Å². The first kappa shape index (κ1) is 13.2. The molecule has 0 saturated carbocycles. The summed E-state index contributed by atoms with van der Waals surface area (Å²) in [7, 11) is 0. The third kappa shape index (κ3) is 2.55. The summed E-state index contributed by atoms with van der Waals surface area (Å²) in [5.41, 5.74) is 3.26. The zero-order chi connectivity index (χ0) is 13.9. The molecule has 0 fully saturated rings. The van der Waals surface area contributed by atoms with Crippen LogP contribution in [0.2, 0.25) is 5.02 Å². The van der Waals surface area contributed by atoms with Crippen LogP contribution in [-0.2, 0) is 6.54 Å². The Morgan fingerprint density at radius 3 is 2.95 bits per heavy atom. The summed E-state index contributed by atoms with van der Waals surface area (Å²) < 4.78 is 0. The molecule has 0 unspecified atom stereocenters. The summed E-state index contributed by atoms with van der Waals surface area (Å²) >= 11 is 6.22. The fraction of sp³-hybridized carbons (Fsp3) is 0.188. The Morgan fingerprint density at radius 2 is 2.10 bits per heavy atom. The third-order valence-corrected chi connectivity index (χ3v) is 3.85. The largest absolute Gasteiger partial charge is 0.346 e. The number of pyridine rings is 1. The van der Waals surface area contributed by atoms with Crippen molar-refractivity contribution in [3.8, 4) is 0 Å². The number of hydrogen-bond donors (Lipinski definition) is 2. The fourth-order valence-electron chi connectivity index (χ4n) is 2.36. The number of rotatable bonds is 4. The number of hydrogen-bond acceptors (Lipinski definition) is 2. The van der Waals surface area contributed by atoms with E-state index in [1.54, 1.807) is 6.20 Å². The molecule has 0 aliphatic heterocycles. The normalized spacial score (nSPS) is 12.7. The molecule has 20 heavy (non-hydrogen) atoms. The van der Waals surface area contributed by atoms with Gasteiger partial charge in [-0.15, -0.1) is 0 Å². The standard InChI is InChI=1S/C16H16ClN3/c1-11(13-5-2-3-7-15(13)17)19-9-12-10-20-16-14(12)6-4-8-18-16/h2-8,10-11,19H,9H2,1H3,(H,18,20)/t11-/m0/s1. The van der Waals surface area contributed by atoms with E-state index in [0.717, 1.165) is 28.2 Å². The SMILES string of the molecule is C[C@H](NCc1c[nH]c2ncccc12)c1ccccc1Cl. The number of fused-ring (bicyclic) bond motifs is 1. The minimum Gasteiger partial charge on any atom is -0.346 e. The Hall–Kier alpha value is -1.84. The van der Waals surface area contributed by atoms with Crippen LogP contribution in [-0.4, -0.2) is 9.97 Å². The molecule has 0 aliphatic carbocycles. The van der Waals surface area contributed by atoms with Crippen LogP contribution in [0, 0.1) is 0 Å². The minimum absolute atomic E-state index is 0.199. The van der Waals surface area contributed by atoms with E-state index < -0.39 is 0 Å². The molecular weight excluding hydrogens is 270 g/mol. The third-order valence-electron chi connectivity index (χ3n) is 3.51. The first-order valence-electron chi connectivity index (χ1n) is 6.64. The lowest BCUT2D eigenvalue weighted by atomic mass is 10.1. The number of aromatic nitrogens is 2. The Balaban J connectivity index is 1.75. The van der Waals surface area contributed by atoms with E-state index in [1.165, 1.54) is 5.56 Å². The van der Waals surface area contributed by atoms with Crippen molar-refractivity contribution in [3.63, 3.8) is 0 Å². The van der Waals surface area contributed by atoms with Gasteiger partial charge < -0.3 is 10.3 Å². The van der Waals surface area contributed by atoms with Crippen molar-refractivity contribution in [2.75, 3.05) is 0 Å². The van der Waals surface area contributed by atoms with Crippen LogP contribution in [0.25, 0.3) is 11.0 Å². The van der Waals surface area contributed by atoms with Gasteiger partial charge in [0.1, 0.15) is 5.65 Å². The molecule has 3 aromatic rings. The number of H-pyrrole nitrogens is 1. The minimum atomic E-state index is 0.199. The molecule has 2 heterocycles. The smallest absolute Gasteiger partial charge is 0.137 e. The average Bonchev–Trinajstić information content (AvgIpc) is 2.88. The van der Waals surface area contributed by atoms with E-state index in [0.29, 0.717) is 0 Å². The molecule has 2 N–H and O–H groups in total. The average molecular weight is 286 g/mol. The number of nitrogens with one attached hydrogen (secondary N) is 2. The van der Waals surface area contributed by atoms with Crippen molar-refractivity contribution in [3.05, 3.63) is 64.9 Å². The second kappa shape index (κ2) is 5.65. The quantitative estimate of drug-likeness (QED) is 0.759. The van der Waals surface area contributed by atoms with Crippen LogP contribution in [0.4, 0.5) is 0 Å². The molecule has 1 atom stereocenters. The van der Waals surface area contributed by atoms with Crippen molar-refractivity contribution in [1.82, 2.24) is 15.3 Å². The van der Waals surface area contributed by atoms with E-state index >= 15 is 0 Å². The first-order valence-corrected chi connectivity index (χ1v) is 7.02. The predicted octanol–water partition coefficient (Wildman–Crippen LogP) is 4.07. The molecule has 0 aliphatic rings. The number of benzene rings is 1. The second-order valence-corrected chi connectivity index (χ2v) is 5.24. The van der Waals surface area contributed by atoms with Crippen LogP contribution < -0.4 is 5.32 Å². The van der Waals surface area contributed by atoms with Crippen LogP contribution in [0.1, 0.15) is 24.1 Å². The Morgan fingerprint density at radius 1 is 1.25 bits per heavy atom. The monoisotopic (exact) mass is 285 g/mol. The number of halogens is 1. The zero-order valence-corrected chi connectivity index (χ0v) is 12.0. The molecule has 0 spiro atoms. The lowest BCUT2D eigenvalue weighted by Gasteiger charge is -2.15. The zero-order valence-electron chi connectivity index (χ0n) is 11.2. The maximum atomic E-state index is 6.22. The molecule has 2 aromatic heterocycles. The van der Waals surface area contributed by atoms with Crippen LogP contribution in [0.15, 0.2) is 48.8 Å². The highest BCUT2D eigenvalue weighted by Crippen LogP contribution is 2.23. The molecule has 0 amide bonds. The van der Waals surface area contributed by atoms with Gasteiger partial charge in [-0.1, -0.05) is 29.8 Å². The van der Waals surface area contributed by atoms with E-state index in [2.05, 4.69) is 34.3 Å². The van der Waals surface area contributed by atoms with E-state index in [1.807, 2.05) is 30.5 Å². The Kier molecular flexibility index (Phi) is 3.72. The van der Waals surface area contributed by atoms with Crippen molar-refractivity contribution < 1.29 is 0 Å². The van der Waals surface area contributed by atoms with Gasteiger partial charge in [-0.3, -0.25) is 0 Å². The lowest BCUT2D eigenvalue weighted by molar-refractivity contribution is 0.576. The van der Waals surface area contributed by atoms with Gasteiger partial charge in [-0.25, -0.2) is 4.98 Å². The van der Waals surface area contributed by atoms with E-state index in [9.17, 15) is 0 Å². The van der Waals surface area contributed by atoms with Gasteiger partial charge in [0.05, 0.1) is 0 Å². The molecule has 0 radical (unpaired) electrons. The van der Waals surface area contributed by atoms with Gasteiger partial charge >= 0.3 is 0 Å². The van der Waals surface area contributed by atoms with Gasteiger partial charge in [0.15, 0.2) is 0 Å². The van der Waals surface area contributed by atoms with Crippen molar-refractivity contribution in [1.29, 1.82) is 0 Å². The molecular formula is C16H16ClN3. The molecule has 3 nitrogen and oxygen atoms in total. The van der Waals surface area contributed by atoms with Crippen molar-refractivity contribution in [2.24, 2.45) is 0 Å². The predicted molar refractivity (Wildman–Crippen MR) is 82.8 cm³/mol. The summed E-state index contributed by atoms with van der Waals surface area (Å²) in [5, 5.41) is 5.46. The van der Waals surface area contributed by atoms with Crippen molar-refractivity contribution >= 4 is 22.6 Å². The van der Waals surface area contributed by atoms with Crippen LogP contribution in [0.5, 0.6) is 0 Å². The van der Waals surface area contributed by atoms with E-state index in [4.69, 9.17) is 11.6 Å². The Bertz CT molecular complexity index is 720. The molecule has 0 saturated heterocycles. The fourth-order valence-corrected chi connectivity index (χ4v) is 2.66. The maximum Gasteiger partial charge on any atom is 0.137 e. The first-order chi connectivity index (χ1) is 9.75. The number of nitrogens with zero attached hydrogens (tertiary/aromatic N) is 1. The molecule has 0 bridgehead atoms. The molecule has 102 valence electrons. The van der Waals surface area contributed by atoms with Gasteiger partial charge in [-0.2, -0.15) is 0 Å². The van der Waals surface area contributed by atoms with Crippen LogP contribution >= 0.6 is 11.6 Å². The maximum absolute atomic E-state index is 6.22. The van der Waals surface area contributed by atoms with Crippen molar-refractivity contribution in [2.45, 2.75) is 19.5 Å². The van der Waals surface area contributed by atoms with Gasteiger partial charge in [0.25, 0.3) is 0 Å². The van der Waals surface area contributed by atoms with Crippen LogP contribution in [0.3, 0.4) is 0 Å². The lowest BCUT2D eigenvalue weighted by Crippen LogP contribution is -2.18. The van der Waals surface area contributed by atoms with Gasteiger partial charge in [0.2, 0.25) is 0 Å². The van der Waals surface area contributed by atoms with Gasteiger partial charge in [0, 0.05) is 35.4 Å². The molecule has 1 aromatic carbocycles. The Labute approximate surface area is 123 Å². The second-order valence-electron chi connectivity index (χ2n) is 4.84. The summed E-state index contributed by atoms with van der Waals surface area (Å²) in [6.07, 6.45) is 3.80. The topological polar surface area (TPSA) is 40.7 Å². The summed E-state index contributed by atoms with van der Waals surface area (Å²) in [6, 6.07) is 12.2. The summed E-state index contributed by atoms with van der Waals surface area (Å²) in [6.45, 7) is 2.90. The highest BCUT2D eigenvalue weighted by molar-refractivity contribution is 6.31. The molecule has 4 heteroatoms. The summed E-state index contributed by atoms with van der Waals surface area (Å²) in [5.74, 6) is 0. The number of aromatic amines is 1. The highest BCUT2D eigenvalue weighted by atomic mass is 35.5.